The zero-order valence-electron chi connectivity index (χ0n) is 17.8. The van der Waals surface area contributed by atoms with Crippen LogP contribution < -0.4 is 10.4 Å². The zero-order valence-corrected chi connectivity index (χ0v) is 17.8. The molecule has 0 bridgehead atoms. The molecule has 0 fully saturated rings. The third-order valence-corrected chi connectivity index (χ3v) is 4.64. The first-order chi connectivity index (χ1) is 15.8. The highest BCUT2D eigenvalue weighted by atomic mass is 19.4. The van der Waals surface area contributed by atoms with Gasteiger partial charge in [0.2, 0.25) is 0 Å². The van der Waals surface area contributed by atoms with Crippen LogP contribution >= 0.6 is 0 Å². The molecular formula is C23H18F6N3O2-. The second kappa shape index (κ2) is 9.24. The Balaban J connectivity index is 1.89. The minimum atomic E-state index is -5.01. The highest BCUT2D eigenvalue weighted by Crippen LogP contribution is 2.41. The van der Waals surface area contributed by atoms with Gasteiger partial charge in [0.15, 0.2) is 0 Å². The molecule has 0 radical (unpaired) electrons. The number of amides is 1. The number of aromatic nitrogens is 1. The highest BCUT2D eigenvalue weighted by Gasteiger charge is 2.41. The third-order valence-electron chi connectivity index (χ3n) is 4.64. The number of hydrogen-bond acceptors (Lipinski definition) is 3. The van der Waals surface area contributed by atoms with Gasteiger partial charge < -0.3 is 15.4 Å². The summed E-state index contributed by atoms with van der Waals surface area (Å²) in [6, 6.07) is 10.5. The summed E-state index contributed by atoms with van der Waals surface area (Å²) in [5.41, 5.74) is -3.62. The van der Waals surface area contributed by atoms with E-state index in [4.69, 9.17) is 0 Å². The van der Waals surface area contributed by atoms with Crippen LogP contribution in [-0.4, -0.2) is 22.8 Å². The second-order valence-electron chi connectivity index (χ2n) is 7.57. The van der Waals surface area contributed by atoms with Gasteiger partial charge >= 0.3 is 12.4 Å². The van der Waals surface area contributed by atoms with Gasteiger partial charge in [-0.2, -0.15) is 26.3 Å². The minimum Gasteiger partial charge on any atom is -0.858 e. The number of carbonyl (C=O) groups is 1. The van der Waals surface area contributed by atoms with Gasteiger partial charge in [-0.25, -0.2) is 0 Å². The summed E-state index contributed by atoms with van der Waals surface area (Å²) in [6.07, 6.45) is -10.0. The predicted octanol–water partition coefficient (Wildman–Crippen LogP) is 5.49. The first-order valence-electron chi connectivity index (χ1n) is 9.90. The molecule has 1 amide bonds. The van der Waals surface area contributed by atoms with Crippen molar-refractivity contribution in [3.8, 4) is 11.3 Å². The molecule has 3 aromatic rings. The van der Waals surface area contributed by atoms with E-state index in [1.165, 1.54) is 24.3 Å². The van der Waals surface area contributed by atoms with Gasteiger partial charge in [0.25, 0.3) is 5.91 Å². The Hall–Kier alpha value is -3.76. The number of H-pyrrole nitrogens is 1. The van der Waals surface area contributed by atoms with Gasteiger partial charge in [-0.1, -0.05) is 30.3 Å². The molecular weight excluding hydrogens is 464 g/mol. The smallest absolute Gasteiger partial charge is 0.431 e. The quantitative estimate of drug-likeness (QED) is 0.287. The maximum absolute atomic E-state index is 13.3. The molecule has 0 spiro atoms. The Morgan fingerprint density at radius 3 is 2.06 bits per heavy atom. The normalized spacial score (nSPS) is 12.8. The summed E-state index contributed by atoms with van der Waals surface area (Å²) in [6.45, 7) is 3.41. The van der Waals surface area contributed by atoms with E-state index in [0.717, 1.165) is 12.1 Å². The van der Waals surface area contributed by atoms with Crippen LogP contribution in [-0.2, 0) is 12.4 Å². The van der Waals surface area contributed by atoms with Crippen LogP contribution in [0.3, 0.4) is 0 Å². The molecule has 2 aromatic carbocycles. The Labute approximate surface area is 190 Å². The van der Waals surface area contributed by atoms with Gasteiger partial charge in [-0.15, -0.1) is 0 Å². The molecule has 2 N–H and O–H groups in total. The number of carbonyl (C=O) groups excluding carboxylic acids is 1. The molecule has 0 aliphatic heterocycles. The van der Waals surface area contributed by atoms with Crippen LogP contribution in [0.2, 0.25) is 0 Å². The molecule has 0 saturated carbocycles. The zero-order chi connectivity index (χ0) is 25.3. The number of halogens is 6. The van der Waals surface area contributed by atoms with E-state index in [9.17, 15) is 36.2 Å². The van der Waals surface area contributed by atoms with Crippen LogP contribution in [0.25, 0.3) is 11.3 Å². The largest absolute Gasteiger partial charge is 0.858 e. The maximum atomic E-state index is 13.3. The summed E-state index contributed by atoms with van der Waals surface area (Å²) in [4.78, 5) is 18.4. The molecule has 0 unspecified atom stereocenters. The van der Waals surface area contributed by atoms with E-state index in [0.29, 0.717) is 0 Å². The Bertz CT molecular complexity index is 1210. The van der Waals surface area contributed by atoms with Crippen molar-refractivity contribution in [2.75, 3.05) is 5.32 Å². The van der Waals surface area contributed by atoms with Crippen LogP contribution in [0.1, 0.15) is 41.0 Å². The molecule has 11 heteroatoms. The molecule has 0 atom stereocenters. The molecule has 0 aliphatic carbocycles. The lowest BCUT2D eigenvalue weighted by molar-refractivity contribution is -0.213. The Morgan fingerprint density at radius 2 is 1.53 bits per heavy atom. The molecule has 1 heterocycles. The van der Waals surface area contributed by atoms with Crippen molar-refractivity contribution >= 4 is 17.5 Å². The van der Waals surface area contributed by atoms with E-state index in [-0.39, 0.29) is 34.5 Å². The molecule has 1 aromatic heterocycles. The summed E-state index contributed by atoms with van der Waals surface area (Å²) < 4.78 is 78.6. The van der Waals surface area contributed by atoms with E-state index in [2.05, 4.69) is 10.3 Å². The lowest BCUT2D eigenvalue weighted by Crippen LogP contribution is -2.25. The first kappa shape index (κ1) is 24.9. The van der Waals surface area contributed by atoms with Gasteiger partial charge in [-0.3, -0.25) is 9.79 Å². The molecule has 34 heavy (non-hydrogen) atoms. The fraction of sp³-hybridized carbons (Fsp3) is 0.217. The number of benzene rings is 2. The van der Waals surface area contributed by atoms with Gasteiger partial charge in [0.1, 0.15) is 5.69 Å². The Kier molecular flexibility index (Phi) is 6.76. The third kappa shape index (κ3) is 5.59. The fourth-order valence-electron chi connectivity index (χ4n) is 3.15. The van der Waals surface area contributed by atoms with Gasteiger partial charge in [-0.05, 0) is 55.1 Å². The average Bonchev–Trinajstić information content (AvgIpc) is 3.20. The lowest BCUT2D eigenvalue weighted by atomic mass is 10.1. The topological polar surface area (TPSA) is 80.3 Å². The van der Waals surface area contributed by atoms with E-state index in [1.807, 2.05) is 0 Å². The number of aliphatic imine (C=N–C) groups is 1. The van der Waals surface area contributed by atoms with Crippen LogP contribution in [0.5, 0.6) is 0 Å². The summed E-state index contributed by atoms with van der Waals surface area (Å²) >= 11 is 0. The molecule has 180 valence electrons. The van der Waals surface area contributed by atoms with E-state index >= 15 is 0 Å². The number of nitrogens with zero attached hydrogens (tertiary/aromatic N) is 1. The van der Waals surface area contributed by atoms with Crippen molar-refractivity contribution in [2.24, 2.45) is 4.99 Å². The van der Waals surface area contributed by atoms with Crippen LogP contribution in [0.15, 0.2) is 59.6 Å². The highest BCUT2D eigenvalue weighted by molar-refractivity contribution is 6.11. The van der Waals surface area contributed by atoms with Crippen molar-refractivity contribution in [1.29, 1.82) is 0 Å². The van der Waals surface area contributed by atoms with E-state index < -0.39 is 41.1 Å². The SMILES string of the molecule is CC(C)N=C([O-])c1ccccc1C(=O)Nc1ccc(-c2[nH]c(C(F)(F)F)cc2C(F)(F)F)cc1. The number of anilines is 1. The van der Waals surface area contributed by atoms with Crippen molar-refractivity contribution < 1.29 is 36.2 Å². The number of rotatable bonds is 5. The lowest BCUT2D eigenvalue weighted by Gasteiger charge is -2.17. The fourth-order valence-corrected chi connectivity index (χ4v) is 3.15. The molecule has 0 saturated heterocycles. The standard InChI is InChI=1S/C23H19F6N3O2/c1-12(2)30-20(33)15-5-3-4-6-16(15)21(34)31-14-9-7-13(8-10-14)19-17(22(24,25)26)11-18(32-19)23(27,28)29/h3-12,32H,1-2H3,(H,30,33)(H,31,34)/p-1. The number of nitrogens with one attached hydrogen (secondary N) is 2. The number of alkyl halides is 6. The number of hydrogen-bond donors (Lipinski definition) is 2. The minimum absolute atomic E-state index is 0.0151. The maximum Gasteiger partial charge on any atom is 0.431 e. The summed E-state index contributed by atoms with van der Waals surface area (Å²) in [5, 5.41) is 14.8. The summed E-state index contributed by atoms with van der Waals surface area (Å²) in [5.74, 6) is -1.24. The van der Waals surface area contributed by atoms with Crippen molar-refractivity contribution in [2.45, 2.75) is 32.2 Å². The van der Waals surface area contributed by atoms with E-state index in [1.54, 1.807) is 31.0 Å². The van der Waals surface area contributed by atoms with Gasteiger partial charge in [0, 0.05) is 17.3 Å². The summed E-state index contributed by atoms with van der Waals surface area (Å²) in [7, 11) is 0. The van der Waals surface area contributed by atoms with Crippen molar-refractivity contribution in [3.63, 3.8) is 0 Å². The molecule has 3 rings (SSSR count). The predicted molar refractivity (Wildman–Crippen MR) is 112 cm³/mol. The van der Waals surface area contributed by atoms with Crippen molar-refractivity contribution in [1.82, 2.24) is 4.98 Å². The number of aromatic amines is 1. The van der Waals surface area contributed by atoms with Gasteiger partial charge in [0.05, 0.1) is 11.3 Å². The van der Waals surface area contributed by atoms with Crippen LogP contribution in [0.4, 0.5) is 32.0 Å². The van der Waals surface area contributed by atoms with Crippen LogP contribution in [0, 0.1) is 0 Å². The first-order valence-corrected chi connectivity index (χ1v) is 9.90. The average molecular weight is 482 g/mol. The Morgan fingerprint density at radius 1 is 0.941 bits per heavy atom. The van der Waals surface area contributed by atoms with Crippen molar-refractivity contribution in [3.05, 3.63) is 77.0 Å². The monoisotopic (exact) mass is 482 g/mol. The molecule has 0 aliphatic rings. The molecule has 5 nitrogen and oxygen atoms in total. The second-order valence-corrected chi connectivity index (χ2v) is 7.57.